The zero-order valence-electron chi connectivity index (χ0n) is 11.4. The molecule has 18 heavy (non-hydrogen) atoms. The van der Waals surface area contributed by atoms with E-state index in [4.69, 9.17) is 5.84 Å². The van der Waals surface area contributed by atoms with Crippen molar-refractivity contribution in [2.24, 2.45) is 5.84 Å². The van der Waals surface area contributed by atoms with Crippen molar-refractivity contribution in [3.05, 3.63) is 11.5 Å². The number of nitrogens with two attached hydrogens (primary N) is 1. The molecule has 1 heterocycles. The van der Waals surface area contributed by atoms with Gasteiger partial charge in [-0.3, -0.25) is 14.9 Å². The Morgan fingerprint density at radius 3 is 2.11 bits per heavy atom. The maximum Gasteiger partial charge on any atom is 0.295 e. The minimum atomic E-state index is -0.803. The van der Waals surface area contributed by atoms with Crippen LogP contribution in [0.1, 0.15) is 20.3 Å². The highest BCUT2D eigenvalue weighted by molar-refractivity contribution is 6.17. The van der Waals surface area contributed by atoms with Crippen molar-refractivity contribution in [3.63, 3.8) is 0 Å². The third kappa shape index (κ3) is 4.34. The van der Waals surface area contributed by atoms with E-state index in [1.807, 2.05) is 38.2 Å². The number of imide groups is 1. The summed E-state index contributed by atoms with van der Waals surface area (Å²) in [5.41, 5.74) is -0.163. The number of carbonyl (C=O) groups is 2. The first-order valence-corrected chi connectivity index (χ1v) is 5.89. The molecular formula is C11H22N4O3. The van der Waals surface area contributed by atoms with Crippen molar-refractivity contribution >= 4 is 11.8 Å². The molecule has 7 nitrogen and oxygen atoms in total. The van der Waals surface area contributed by atoms with Crippen LogP contribution in [-0.4, -0.2) is 54.0 Å². The fraction of sp³-hybridized carbons (Fsp3) is 0.636. The molecule has 0 aromatic heterocycles. The summed E-state index contributed by atoms with van der Waals surface area (Å²) in [6.07, 6.45) is 0.724. The van der Waals surface area contributed by atoms with Crippen molar-refractivity contribution in [2.75, 3.05) is 27.2 Å². The SMILES string of the molecule is CC.CN(C)CCCN(N)C1=C(O)C(=O)NC1=O. The second kappa shape index (κ2) is 7.67. The van der Waals surface area contributed by atoms with Crippen LogP contribution in [0.4, 0.5) is 0 Å². The number of hydrogen-bond acceptors (Lipinski definition) is 6. The maximum absolute atomic E-state index is 11.3. The highest BCUT2D eigenvalue weighted by Gasteiger charge is 2.32. The van der Waals surface area contributed by atoms with Crippen LogP contribution in [0, 0.1) is 0 Å². The number of aliphatic hydroxyl groups excluding tert-OH is 1. The Morgan fingerprint density at radius 2 is 1.72 bits per heavy atom. The fourth-order valence-corrected chi connectivity index (χ4v) is 1.37. The summed E-state index contributed by atoms with van der Waals surface area (Å²) in [7, 11) is 3.84. The Hall–Kier alpha value is -1.60. The monoisotopic (exact) mass is 258 g/mol. The molecule has 0 aromatic carbocycles. The lowest BCUT2D eigenvalue weighted by molar-refractivity contribution is -0.125. The molecule has 2 amide bonds. The highest BCUT2D eigenvalue weighted by Crippen LogP contribution is 2.12. The Kier molecular flexibility index (Phi) is 6.99. The molecule has 7 heteroatoms. The summed E-state index contributed by atoms with van der Waals surface area (Å²) in [6.45, 7) is 5.19. The minimum absolute atomic E-state index is 0.163. The van der Waals surface area contributed by atoms with Gasteiger partial charge in [0.1, 0.15) is 0 Å². The van der Waals surface area contributed by atoms with Gasteiger partial charge in [0.2, 0.25) is 5.76 Å². The van der Waals surface area contributed by atoms with E-state index in [9.17, 15) is 14.7 Å². The van der Waals surface area contributed by atoms with Gasteiger partial charge in [-0.1, -0.05) is 13.8 Å². The first-order chi connectivity index (χ1) is 8.43. The van der Waals surface area contributed by atoms with Crippen molar-refractivity contribution in [3.8, 4) is 0 Å². The summed E-state index contributed by atoms with van der Waals surface area (Å²) in [5.74, 6) is 3.52. The molecule has 0 spiro atoms. The van der Waals surface area contributed by atoms with Crippen LogP contribution >= 0.6 is 0 Å². The number of carbonyl (C=O) groups excluding carboxylic acids is 2. The Bertz CT molecular complexity index is 339. The summed E-state index contributed by atoms with van der Waals surface area (Å²) in [5, 5.41) is 12.4. The van der Waals surface area contributed by atoms with Gasteiger partial charge in [-0.15, -0.1) is 0 Å². The molecule has 0 aromatic rings. The molecule has 1 rings (SSSR count). The highest BCUT2D eigenvalue weighted by atomic mass is 16.3. The number of aliphatic hydroxyl groups is 1. The number of hydrazine groups is 1. The van der Waals surface area contributed by atoms with Crippen LogP contribution in [0.25, 0.3) is 0 Å². The molecule has 0 bridgehead atoms. The Morgan fingerprint density at radius 1 is 1.17 bits per heavy atom. The lowest BCUT2D eigenvalue weighted by Crippen LogP contribution is -2.37. The topological polar surface area (TPSA) is 98.9 Å². The largest absolute Gasteiger partial charge is 0.501 e. The molecular weight excluding hydrogens is 236 g/mol. The third-order valence-corrected chi connectivity index (χ3v) is 2.17. The molecule has 0 unspecified atom stereocenters. The van der Waals surface area contributed by atoms with Crippen LogP contribution < -0.4 is 11.2 Å². The molecule has 0 aliphatic carbocycles. The standard InChI is InChI=1S/C9H16N4O3.C2H6/c1-12(2)4-3-5-13(10)6-7(14)9(16)11-8(6)15;1-2/h3-5,10H2,1-2H3,(H2,11,14,15,16);1-2H3. The quantitative estimate of drug-likeness (QED) is 0.351. The van der Waals surface area contributed by atoms with Gasteiger partial charge in [-0.25, -0.2) is 5.84 Å². The second-order valence-corrected chi connectivity index (χ2v) is 3.83. The number of hydrogen-bond donors (Lipinski definition) is 3. The molecule has 4 N–H and O–H groups in total. The van der Waals surface area contributed by atoms with Gasteiger partial charge in [0.15, 0.2) is 5.70 Å². The molecule has 0 saturated heterocycles. The number of nitrogens with zero attached hydrogens (tertiary/aromatic N) is 2. The molecule has 0 atom stereocenters. The molecule has 1 aliphatic rings. The van der Waals surface area contributed by atoms with Crippen molar-refractivity contribution in [2.45, 2.75) is 20.3 Å². The summed E-state index contributed by atoms with van der Waals surface area (Å²) < 4.78 is 0. The van der Waals surface area contributed by atoms with E-state index in [0.29, 0.717) is 6.54 Å². The van der Waals surface area contributed by atoms with E-state index in [2.05, 4.69) is 0 Å². The van der Waals surface area contributed by atoms with Crippen LogP contribution in [0.3, 0.4) is 0 Å². The first-order valence-electron chi connectivity index (χ1n) is 5.89. The average Bonchev–Trinajstić information content (AvgIpc) is 2.55. The molecule has 0 saturated carbocycles. The summed E-state index contributed by atoms with van der Waals surface area (Å²) in [6, 6.07) is 0. The van der Waals surface area contributed by atoms with Gasteiger partial charge in [-0.2, -0.15) is 0 Å². The van der Waals surface area contributed by atoms with Crippen molar-refractivity contribution in [1.82, 2.24) is 15.2 Å². The van der Waals surface area contributed by atoms with Gasteiger partial charge in [0, 0.05) is 6.54 Å². The number of amides is 2. The van der Waals surface area contributed by atoms with Gasteiger partial charge in [0.05, 0.1) is 0 Å². The Labute approximate surface area is 107 Å². The Balaban J connectivity index is 0.00000137. The van der Waals surface area contributed by atoms with E-state index in [0.717, 1.165) is 18.0 Å². The number of nitrogens with one attached hydrogen (secondary N) is 1. The van der Waals surface area contributed by atoms with E-state index >= 15 is 0 Å². The van der Waals surface area contributed by atoms with Gasteiger partial charge >= 0.3 is 0 Å². The zero-order valence-corrected chi connectivity index (χ0v) is 11.4. The van der Waals surface area contributed by atoms with Crippen molar-refractivity contribution < 1.29 is 14.7 Å². The van der Waals surface area contributed by atoms with Gasteiger partial charge in [0.25, 0.3) is 11.8 Å². The average molecular weight is 258 g/mol. The minimum Gasteiger partial charge on any atom is -0.501 e. The van der Waals surface area contributed by atoms with E-state index in [1.165, 1.54) is 0 Å². The summed E-state index contributed by atoms with van der Waals surface area (Å²) in [4.78, 5) is 24.2. The van der Waals surface area contributed by atoms with Gasteiger partial charge < -0.3 is 15.0 Å². The third-order valence-electron chi connectivity index (χ3n) is 2.17. The van der Waals surface area contributed by atoms with Crippen molar-refractivity contribution in [1.29, 1.82) is 0 Å². The summed E-state index contributed by atoms with van der Waals surface area (Å²) >= 11 is 0. The zero-order chi connectivity index (χ0) is 14.3. The van der Waals surface area contributed by atoms with Gasteiger partial charge in [-0.05, 0) is 27.1 Å². The molecule has 104 valence electrons. The smallest absolute Gasteiger partial charge is 0.295 e. The predicted octanol–water partition coefficient (Wildman–Crippen LogP) is -0.434. The number of rotatable bonds is 5. The fourth-order valence-electron chi connectivity index (χ4n) is 1.37. The van der Waals surface area contributed by atoms with E-state index in [1.54, 1.807) is 0 Å². The van der Waals surface area contributed by atoms with E-state index < -0.39 is 17.6 Å². The molecule has 1 aliphatic heterocycles. The molecule has 0 radical (unpaired) electrons. The molecule has 0 fully saturated rings. The van der Waals surface area contributed by atoms with Crippen LogP contribution in [-0.2, 0) is 9.59 Å². The first kappa shape index (κ1) is 16.4. The van der Waals surface area contributed by atoms with Crippen LogP contribution in [0.15, 0.2) is 11.5 Å². The lowest BCUT2D eigenvalue weighted by atomic mass is 10.3. The maximum atomic E-state index is 11.3. The predicted molar refractivity (Wildman–Crippen MR) is 68.2 cm³/mol. The lowest BCUT2D eigenvalue weighted by Gasteiger charge is -2.19. The van der Waals surface area contributed by atoms with Crippen LogP contribution in [0.2, 0.25) is 0 Å². The van der Waals surface area contributed by atoms with Crippen LogP contribution in [0.5, 0.6) is 0 Å². The van der Waals surface area contributed by atoms with E-state index in [-0.39, 0.29) is 5.70 Å². The second-order valence-electron chi connectivity index (χ2n) is 3.83. The normalized spacial score (nSPS) is 14.6.